The lowest BCUT2D eigenvalue weighted by atomic mass is 9.85. The third kappa shape index (κ3) is 2.61. The van der Waals surface area contributed by atoms with Crippen LogP contribution in [-0.4, -0.2) is 23.0 Å². The van der Waals surface area contributed by atoms with Crippen LogP contribution in [-0.2, 0) is 0 Å². The second-order valence-electron chi connectivity index (χ2n) is 8.42. The predicted octanol–water partition coefficient (Wildman–Crippen LogP) is 4.08. The van der Waals surface area contributed by atoms with E-state index in [-0.39, 0.29) is 0 Å². The van der Waals surface area contributed by atoms with Crippen molar-refractivity contribution in [2.24, 2.45) is 10.8 Å². The molecule has 1 nitrogen and oxygen atoms in total. The third-order valence-corrected chi connectivity index (χ3v) is 4.28. The van der Waals surface area contributed by atoms with Gasteiger partial charge in [-0.25, -0.2) is 0 Å². The summed E-state index contributed by atoms with van der Waals surface area (Å²) in [6.07, 6.45) is 5.79. The Morgan fingerprint density at radius 1 is 1.06 bits per heavy atom. The lowest BCUT2D eigenvalue weighted by Gasteiger charge is -2.39. The van der Waals surface area contributed by atoms with Crippen LogP contribution in [0.4, 0.5) is 0 Å². The Balaban J connectivity index is 2.09. The lowest BCUT2D eigenvalue weighted by Crippen LogP contribution is -2.45. The Bertz CT molecular complexity index is 262. The Kier molecular flexibility index (Phi) is 2.70. The number of hydrogen-bond acceptors (Lipinski definition) is 1. The zero-order valence-electron chi connectivity index (χ0n) is 12.1. The first-order chi connectivity index (χ1) is 7.11. The molecule has 2 rings (SSSR count). The van der Waals surface area contributed by atoms with Crippen molar-refractivity contribution in [1.29, 1.82) is 0 Å². The second-order valence-corrected chi connectivity index (χ2v) is 8.42. The quantitative estimate of drug-likeness (QED) is 0.647. The van der Waals surface area contributed by atoms with E-state index in [0.717, 1.165) is 11.5 Å². The van der Waals surface area contributed by atoms with Crippen LogP contribution in [0, 0.1) is 10.8 Å². The van der Waals surface area contributed by atoms with E-state index in [1.165, 1.54) is 32.2 Å². The molecule has 1 spiro atoms. The Morgan fingerprint density at radius 3 is 2.00 bits per heavy atom. The fourth-order valence-electron chi connectivity index (χ4n) is 3.38. The summed E-state index contributed by atoms with van der Waals surface area (Å²) in [5, 5.41) is 0. The second kappa shape index (κ2) is 3.48. The lowest BCUT2D eigenvalue weighted by molar-refractivity contribution is 0.0928. The zero-order chi connectivity index (χ0) is 12.2. The molecule has 1 heteroatoms. The molecule has 16 heavy (non-hydrogen) atoms. The average Bonchev–Trinajstić information content (AvgIpc) is 2.64. The van der Waals surface area contributed by atoms with Crippen molar-refractivity contribution in [3.05, 3.63) is 0 Å². The Hall–Kier alpha value is -0.0400. The molecule has 2 aliphatic rings. The molecule has 94 valence electrons. The van der Waals surface area contributed by atoms with Gasteiger partial charge in [0.05, 0.1) is 0 Å². The van der Waals surface area contributed by atoms with Gasteiger partial charge < -0.3 is 0 Å². The van der Waals surface area contributed by atoms with Crippen molar-refractivity contribution in [1.82, 2.24) is 4.90 Å². The SMILES string of the molecule is CC(C)(C)CC1CC2(CC2)CN1C(C)(C)C. The van der Waals surface area contributed by atoms with Gasteiger partial charge in [-0.2, -0.15) is 0 Å². The minimum atomic E-state index is 0.349. The van der Waals surface area contributed by atoms with Gasteiger partial charge in [0, 0.05) is 18.1 Å². The molecule has 0 aromatic carbocycles. The van der Waals surface area contributed by atoms with Crippen molar-refractivity contribution >= 4 is 0 Å². The van der Waals surface area contributed by atoms with E-state index < -0.39 is 0 Å². The number of nitrogens with zero attached hydrogens (tertiary/aromatic N) is 1. The summed E-state index contributed by atoms with van der Waals surface area (Å²) < 4.78 is 0. The average molecular weight is 223 g/mol. The molecular weight excluding hydrogens is 194 g/mol. The molecule has 1 aliphatic heterocycles. The molecule has 0 bridgehead atoms. The monoisotopic (exact) mass is 223 g/mol. The summed E-state index contributed by atoms with van der Waals surface area (Å²) in [6.45, 7) is 15.6. The summed E-state index contributed by atoms with van der Waals surface area (Å²) in [5.74, 6) is 0. The van der Waals surface area contributed by atoms with Gasteiger partial charge in [0.2, 0.25) is 0 Å². The molecule has 1 saturated heterocycles. The molecule has 0 radical (unpaired) electrons. The van der Waals surface area contributed by atoms with Crippen molar-refractivity contribution in [2.75, 3.05) is 6.54 Å². The van der Waals surface area contributed by atoms with Crippen LogP contribution in [0.5, 0.6) is 0 Å². The largest absolute Gasteiger partial charge is 0.295 e. The first-order valence-electron chi connectivity index (χ1n) is 6.88. The summed E-state index contributed by atoms with van der Waals surface area (Å²) in [5.41, 5.74) is 1.56. The molecule has 0 aromatic rings. The van der Waals surface area contributed by atoms with Crippen molar-refractivity contribution in [2.45, 2.75) is 78.8 Å². The minimum absolute atomic E-state index is 0.349. The van der Waals surface area contributed by atoms with Gasteiger partial charge in [-0.3, -0.25) is 4.90 Å². The standard InChI is InChI=1S/C15H29N/c1-13(2,3)9-12-10-15(7-8-15)11-16(12)14(4,5)6/h12H,7-11H2,1-6H3. The predicted molar refractivity (Wildman–Crippen MR) is 70.6 cm³/mol. The topological polar surface area (TPSA) is 3.24 Å². The van der Waals surface area contributed by atoms with E-state index >= 15 is 0 Å². The highest BCUT2D eigenvalue weighted by atomic mass is 15.3. The Morgan fingerprint density at radius 2 is 1.62 bits per heavy atom. The van der Waals surface area contributed by atoms with E-state index in [1.807, 2.05) is 0 Å². The van der Waals surface area contributed by atoms with Crippen LogP contribution in [0.1, 0.15) is 67.2 Å². The zero-order valence-corrected chi connectivity index (χ0v) is 12.1. The van der Waals surface area contributed by atoms with Gasteiger partial charge in [-0.1, -0.05) is 20.8 Å². The van der Waals surface area contributed by atoms with Gasteiger partial charge >= 0.3 is 0 Å². The Labute approximate surface area is 102 Å². The summed E-state index contributed by atoms with van der Waals surface area (Å²) in [7, 11) is 0. The summed E-state index contributed by atoms with van der Waals surface area (Å²) >= 11 is 0. The molecule has 2 fully saturated rings. The van der Waals surface area contributed by atoms with E-state index in [1.54, 1.807) is 0 Å². The van der Waals surface area contributed by atoms with Gasteiger partial charge in [-0.05, 0) is 57.3 Å². The highest BCUT2D eigenvalue weighted by Crippen LogP contribution is 2.57. The number of rotatable bonds is 1. The van der Waals surface area contributed by atoms with Crippen LogP contribution in [0.2, 0.25) is 0 Å². The highest BCUT2D eigenvalue weighted by molar-refractivity contribution is 5.07. The maximum atomic E-state index is 2.78. The van der Waals surface area contributed by atoms with E-state index in [9.17, 15) is 0 Å². The number of likely N-dealkylation sites (tertiary alicyclic amines) is 1. The van der Waals surface area contributed by atoms with Crippen molar-refractivity contribution < 1.29 is 0 Å². The molecule has 0 N–H and O–H groups in total. The maximum Gasteiger partial charge on any atom is 0.0128 e. The first kappa shape index (κ1) is 12.4. The van der Waals surface area contributed by atoms with Crippen molar-refractivity contribution in [3.8, 4) is 0 Å². The maximum absolute atomic E-state index is 2.78. The minimum Gasteiger partial charge on any atom is -0.295 e. The molecule has 1 aliphatic carbocycles. The van der Waals surface area contributed by atoms with E-state index in [2.05, 4.69) is 46.4 Å². The number of hydrogen-bond donors (Lipinski definition) is 0. The van der Waals surface area contributed by atoms with Gasteiger partial charge in [0.1, 0.15) is 0 Å². The molecule has 0 aromatic heterocycles. The van der Waals surface area contributed by atoms with E-state index in [0.29, 0.717) is 11.0 Å². The van der Waals surface area contributed by atoms with Crippen LogP contribution in [0.3, 0.4) is 0 Å². The van der Waals surface area contributed by atoms with Crippen LogP contribution >= 0.6 is 0 Å². The van der Waals surface area contributed by atoms with Gasteiger partial charge in [-0.15, -0.1) is 0 Å². The van der Waals surface area contributed by atoms with Crippen LogP contribution in [0.15, 0.2) is 0 Å². The molecule has 1 unspecified atom stereocenters. The van der Waals surface area contributed by atoms with Crippen molar-refractivity contribution in [3.63, 3.8) is 0 Å². The van der Waals surface area contributed by atoms with Gasteiger partial charge in [0.15, 0.2) is 0 Å². The fourth-order valence-corrected chi connectivity index (χ4v) is 3.38. The van der Waals surface area contributed by atoms with E-state index in [4.69, 9.17) is 0 Å². The van der Waals surface area contributed by atoms with Crippen LogP contribution in [0.25, 0.3) is 0 Å². The third-order valence-electron chi connectivity index (χ3n) is 4.28. The highest BCUT2D eigenvalue weighted by Gasteiger charge is 2.54. The molecular formula is C15H29N. The molecule has 1 atom stereocenters. The van der Waals surface area contributed by atoms with Gasteiger partial charge in [0.25, 0.3) is 0 Å². The first-order valence-corrected chi connectivity index (χ1v) is 6.88. The summed E-state index contributed by atoms with van der Waals surface area (Å²) in [4.78, 5) is 2.78. The fraction of sp³-hybridized carbons (Fsp3) is 1.00. The summed E-state index contributed by atoms with van der Waals surface area (Å²) in [6, 6.07) is 0.822. The van der Waals surface area contributed by atoms with Crippen LogP contribution < -0.4 is 0 Å². The normalized spacial score (nSPS) is 30.0. The molecule has 1 heterocycles. The smallest absolute Gasteiger partial charge is 0.0128 e. The molecule has 1 saturated carbocycles. The molecule has 0 amide bonds.